The van der Waals surface area contributed by atoms with Gasteiger partial charge in [0.25, 0.3) is 0 Å². The van der Waals surface area contributed by atoms with Gasteiger partial charge in [-0.05, 0) is 31.3 Å². The summed E-state index contributed by atoms with van der Waals surface area (Å²) in [5, 5.41) is 6.89. The molecule has 1 unspecified atom stereocenters. The summed E-state index contributed by atoms with van der Waals surface area (Å²) in [7, 11) is 0. The molecule has 0 aliphatic rings. The summed E-state index contributed by atoms with van der Waals surface area (Å²) in [5.41, 5.74) is 6.04. The van der Waals surface area contributed by atoms with E-state index in [0.29, 0.717) is 10.6 Å². The number of carbonyl (C=O) groups excluding carboxylic acids is 1. The van der Waals surface area contributed by atoms with Crippen molar-refractivity contribution in [3.05, 3.63) is 29.3 Å². The minimum absolute atomic E-state index is 0.149. The fraction of sp³-hybridized carbons (Fsp3) is 0.273. The van der Waals surface area contributed by atoms with Gasteiger partial charge in [0.15, 0.2) is 10.6 Å². The number of nitrogens with two attached hydrogens (primary N) is 1. The van der Waals surface area contributed by atoms with Crippen LogP contribution < -0.4 is 5.73 Å². The predicted octanol–water partition coefficient (Wildman–Crippen LogP) is 1.44. The molecule has 0 fully saturated rings. The molecule has 0 aliphatic heterocycles. The fourth-order valence-corrected chi connectivity index (χ4v) is 2.11. The molecular weight excluding hydrogens is 250 g/mol. The van der Waals surface area contributed by atoms with Crippen LogP contribution in [0, 0.1) is 4.77 Å². The maximum Gasteiger partial charge on any atom is 0.219 e. The first-order chi connectivity index (χ1) is 8.59. The summed E-state index contributed by atoms with van der Waals surface area (Å²) in [4.78, 5) is 15.0. The minimum Gasteiger partial charge on any atom is -0.370 e. The number of H-pyrrole nitrogens is 1. The van der Waals surface area contributed by atoms with Crippen molar-refractivity contribution in [1.29, 1.82) is 0 Å². The van der Waals surface area contributed by atoms with Gasteiger partial charge < -0.3 is 5.73 Å². The Kier molecular flexibility index (Phi) is 3.52. The van der Waals surface area contributed by atoms with Crippen LogP contribution in [0.5, 0.6) is 0 Å². The van der Waals surface area contributed by atoms with Gasteiger partial charge >= 0.3 is 0 Å². The minimum atomic E-state index is -0.372. The molecule has 0 bridgehead atoms. The van der Waals surface area contributed by atoms with Crippen LogP contribution in [0.1, 0.15) is 19.4 Å². The zero-order chi connectivity index (χ0) is 13.1. The zero-order valence-electron chi connectivity index (χ0n) is 9.83. The number of rotatable bonds is 4. The van der Waals surface area contributed by atoms with E-state index in [1.54, 1.807) is 17.0 Å². The molecule has 6 nitrogen and oxygen atoms in total. The van der Waals surface area contributed by atoms with Crippen LogP contribution in [0.2, 0.25) is 0 Å². The molecule has 3 N–H and O–H groups in total. The van der Waals surface area contributed by atoms with Crippen LogP contribution in [-0.2, 0) is 4.79 Å². The number of primary amides is 1. The molecule has 7 heteroatoms. The van der Waals surface area contributed by atoms with Crippen LogP contribution in [0.25, 0.3) is 11.4 Å². The van der Waals surface area contributed by atoms with Crippen molar-refractivity contribution >= 4 is 18.1 Å². The number of hydrogen-bond acceptors (Lipinski definition) is 4. The highest BCUT2D eigenvalue weighted by atomic mass is 32.1. The van der Waals surface area contributed by atoms with E-state index in [0.717, 1.165) is 5.56 Å². The van der Waals surface area contributed by atoms with Gasteiger partial charge in [-0.3, -0.25) is 19.4 Å². The zero-order valence-corrected chi connectivity index (χ0v) is 10.6. The molecule has 2 rings (SSSR count). The summed E-state index contributed by atoms with van der Waals surface area (Å²) in [5.74, 6) is 0.282. The molecule has 0 aromatic carbocycles. The molecule has 1 atom stereocenters. The lowest BCUT2D eigenvalue weighted by molar-refractivity contribution is -0.118. The summed E-state index contributed by atoms with van der Waals surface area (Å²) in [6, 6.07) is 3.55. The molecule has 2 aromatic rings. The average molecular weight is 263 g/mol. The first kappa shape index (κ1) is 12.4. The molecule has 1 amide bonds. The number of hydrogen-bond donors (Lipinski definition) is 2. The molecule has 0 radical (unpaired) electrons. The van der Waals surface area contributed by atoms with Crippen molar-refractivity contribution in [3.63, 3.8) is 0 Å². The Morgan fingerprint density at radius 3 is 3.06 bits per heavy atom. The van der Waals surface area contributed by atoms with E-state index in [-0.39, 0.29) is 18.4 Å². The summed E-state index contributed by atoms with van der Waals surface area (Å²) in [6.07, 6.45) is 3.58. The lowest BCUT2D eigenvalue weighted by Crippen LogP contribution is -2.18. The van der Waals surface area contributed by atoms with Crippen molar-refractivity contribution in [3.8, 4) is 11.4 Å². The molecule has 0 aliphatic carbocycles. The van der Waals surface area contributed by atoms with Gasteiger partial charge in [-0.15, -0.1) is 0 Å². The second-order valence-electron chi connectivity index (χ2n) is 3.98. The Labute approximate surface area is 109 Å². The van der Waals surface area contributed by atoms with Crippen molar-refractivity contribution in [2.75, 3.05) is 0 Å². The van der Waals surface area contributed by atoms with E-state index in [9.17, 15) is 4.79 Å². The van der Waals surface area contributed by atoms with Gasteiger partial charge in [-0.1, -0.05) is 0 Å². The monoisotopic (exact) mass is 263 g/mol. The maximum atomic E-state index is 11.0. The highest BCUT2D eigenvalue weighted by Gasteiger charge is 2.16. The average Bonchev–Trinajstić information content (AvgIpc) is 2.71. The number of carbonyl (C=O) groups is 1. The first-order valence-corrected chi connectivity index (χ1v) is 5.86. The molecule has 2 heterocycles. The second kappa shape index (κ2) is 5.09. The van der Waals surface area contributed by atoms with E-state index in [1.807, 2.05) is 19.1 Å². The standard InChI is InChI=1S/C11H13N5OS/c1-7(5-9(12)17)16-10(14-15-11(16)18)8-3-2-4-13-6-8/h2-4,6-7H,5H2,1H3,(H2,12,17)(H,15,18). The number of aromatic nitrogens is 4. The molecule has 2 aromatic heterocycles. The lowest BCUT2D eigenvalue weighted by atomic mass is 10.2. The normalized spacial score (nSPS) is 12.3. The summed E-state index contributed by atoms with van der Waals surface area (Å²) < 4.78 is 2.24. The van der Waals surface area contributed by atoms with Crippen LogP contribution >= 0.6 is 12.2 Å². The Hall–Kier alpha value is -2.02. The number of nitrogens with one attached hydrogen (secondary N) is 1. The van der Waals surface area contributed by atoms with Gasteiger partial charge in [0.1, 0.15) is 0 Å². The predicted molar refractivity (Wildman–Crippen MR) is 69.2 cm³/mol. The molecule has 0 spiro atoms. The Bertz CT molecular complexity index is 603. The molecule has 0 saturated heterocycles. The number of aromatic amines is 1. The van der Waals surface area contributed by atoms with Crippen LogP contribution in [0.15, 0.2) is 24.5 Å². The van der Waals surface area contributed by atoms with Crippen LogP contribution in [0.3, 0.4) is 0 Å². The smallest absolute Gasteiger partial charge is 0.219 e. The summed E-state index contributed by atoms with van der Waals surface area (Å²) in [6.45, 7) is 1.87. The fourth-order valence-electron chi connectivity index (χ4n) is 1.79. The quantitative estimate of drug-likeness (QED) is 0.817. The van der Waals surface area contributed by atoms with Crippen molar-refractivity contribution in [2.45, 2.75) is 19.4 Å². The number of amides is 1. The maximum absolute atomic E-state index is 11.0. The SMILES string of the molecule is CC(CC(N)=O)n1c(-c2cccnc2)n[nH]c1=S. The molecular formula is C11H13N5OS. The van der Waals surface area contributed by atoms with E-state index in [1.165, 1.54) is 0 Å². The van der Waals surface area contributed by atoms with Crippen molar-refractivity contribution in [2.24, 2.45) is 5.73 Å². The van der Waals surface area contributed by atoms with Crippen LogP contribution in [-0.4, -0.2) is 25.7 Å². The van der Waals surface area contributed by atoms with E-state index >= 15 is 0 Å². The number of nitrogens with zero attached hydrogens (tertiary/aromatic N) is 3. The van der Waals surface area contributed by atoms with E-state index in [2.05, 4.69) is 15.2 Å². The van der Waals surface area contributed by atoms with E-state index < -0.39 is 0 Å². The van der Waals surface area contributed by atoms with Crippen molar-refractivity contribution in [1.82, 2.24) is 19.7 Å². The third-order valence-corrected chi connectivity index (χ3v) is 2.85. The summed E-state index contributed by atoms with van der Waals surface area (Å²) >= 11 is 5.17. The van der Waals surface area contributed by atoms with Gasteiger partial charge in [-0.2, -0.15) is 5.10 Å². The molecule has 0 saturated carbocycles. The highest BCUT2D eigenvalue weighted by molar-refractivity contribution is 7.71. The third kappa shape index (κ3) is 2.45. The first-order valence-electron chi connectivity index (χ1n) is 5.45. The largest absolute Gasteiger partial charge is 0.370 e. The molecule has 94 valence electrons. The molecule has 18 heavy (non-hydrogen) atoms. The second-order valence-corrected chi connectivity index (χ2v) is 4.37. The van der Waals surface area contributed by atoms with Gasteiger partial charge in [0.2, 0.25) is 5.91 Å². The highest BCUT2D eigenvalue weighted by Crippen LogP contribution is 2.21. The number of pyridine rings is 1. The lowest BCUT2D eigenvalue weighted by Gasteiger charge is -2.13. The van der Waals surface area contributed by atoms with Crippen molar-refractivity contribution < 1.29 is 4.79 Å². The van der Waals surface area contributed by atoms with Gasteiger partial charge in [0.05, 0.1) is 0 Å². The Morgan fingerprint density at radius 2 is 2.44 bits per heavy atom. The van der Waals surface area contributed by atoms with Gasteiger partial charge in [-0.25, -0.2) is 0 Å². The van der Waals surface area contributed by atoms with Crippen LogP contribution in [0.4, 0.5) is 0 Å². The Morgan fingerprint density at radius 1 is 1.67 bits per heavy atom. The Balaban J connectivity index is 2.45. The topological polar surface area (TPSA) is 89.6 Å². The third-order valence-electron chi connectivity index (χ3n) is 2.56. The van der Waals surface area contributed by atoms with E-state index in [4.69, 9.17) is 18.0 Å². The van der Waals surface area contributed by atoms with Gasteiger partial charge in [0, 0.05) is 30.4 Å².